The average Bonchev–Trinajstić information content (AvgIpc) is 3.19. The first kappa shape index (κ1) is 20.8. The molecule has 27 heavy (non-hydrogen) atoms. The van der Waals surface area contributed by atoms with Crippen LogP contribution < -0.4 is 10.0 Å². The van der Waals surface area contributed by atoms with Crippen LogP contribution in [-0.4, -0.2) is 33.4 Å². The Balaban J connectivity index is 1.72. The number of amides is 1. The average molecular weight is 409 g/mol. The zero-order valence-corrected chi connectivity index (χ0v) is 16.3. The van der Waals surface area contributed by atoms with Crippen molar-refractivity contribution >= 4 is 39.3 Å². The van der Waals surface area contributed by atoms with Gasteiger partial charge in [0.05, 0.1) is 6.04 Å². The van der Waals surface area contributed by atoms with Crippen LogP contribution in [0.2, 0.25) is 0 Å². The van der Waals surface area contributed by atoms with Crippen LogP contribution in [0.1, 0.15) is 23.4 Å². The Kier molecular flexibility index (Phi) is 7.71. The highest BCUT2D eigenvalue weighted by Gasteiger charge is 2.14. The van der Waals surface area contributed by atoms with Crippen LogP contribution in [-0.2, 0) is 24.3 Å². The Hall–Kier alpha value is -2.49. The van der Waals surface area contributed by atoms with E-state index >= 15 is 0 Å². The first-order valence-corrected chi connectivity index (χ1v) is 10.5. The number of carbonyl (C=O) groups is 2. The van der Waals surface area contributed by atoms with Crippen molar-refractivity contribution < 1.29 is 22.7 Å². The van der Waals surface area contributed by atoms with Gasteiger partial charge in [-0.25, -0.2) is 13.1 Å². The zero-order chi connectivity index (χ0) is 19.7. The highest BCUT2D eigenvalue weighted by atomic mass is 32.2. The van der Waals surface area contributed by atoms with Gasteiger partial charge in [0.15, 0.2) is 6.61 Å². The van der Waals surface area contributed by atoms with E-state index in [9.17, 15) is 18.0 Å². The molecule has 1 amide bonds. The summed E-state index contributed by atoms with van der Waals surface area (Å²) >= 11 is 1.51. The van der Waals surface area contributed by atoms with Gasteiger partial charge in [0, 0.05) is 10.3 Å². The van der Waals surface area contributed by atoms with Crippen molar-refractivity contribution in [3.63, 3.8) is 0 Å². The van der Waals surface area contributed by atoms with Crippen molar-refractivity contribution in [3.05, 3.63) is 63.7 Å². The number of rotatable bonds is 9. The molecule has 2 aromatic rings. The molecule has 0 unspecified atom stereocenters. The van der Waals surface area contributed by atoms with E-state index in [1.807, 2.05) is 30.5 Å². The molecule has 9 heteroatoms. The molecule has 0 bridgehead atoms. The fourth-order valence-electron chi connectivity index (χ4n) is 2.03. The minimum Gasteiger partial charge on any atom is -0.455 e. The van der Waals surface area contributed by atoms with Crippen LogP contribution in [0, 0.1) is 0 Å². The summed E-state index contributed by atoms with van der Waals surface area (Å²) in [5.74, 6) is -1.30. The molecule has 7 nitrogen and oxygen atoms in total. The Morgan fingerprint density at radius 3 is 2.59 bits per heavy atom. The fourth-order valence-corrected chi connectivity index (χ4v) is 3.51. The number of carbonyl (C=O) groups excluding carboxylic acids is 2. The molecule has 2 N–H and O–H groups in total. The van der Waals surface area contributed by atoms with Crippen LogP contribution in [0.25, 0.3) is 6.08 Å². The summed E-state index contributed by atoms with van der Waals surface area (Å²) in [4.78, 5) is 24.4. The largest absolute Gasteiger partial charge is 0.455 e. The molecule has 0 fully saturated rings. The van der Waals surface area contributed by atoms with Crippen molar-refractivity contribution in [1.82, 2.24) is 10.0 Å². The fraction of sp³-hybridized carbons (Fsp3) is 0.222. The van der Waals surface area contributed by atoms with Gasteiger partial charge in [-0.05, 0) is 30.0 Å². The summed E-state index contributed by atoms with van der Waals surface area (Å²) < 4.78 is 30.6. The lowest BCUT2D eigenvalue weighted by molar-refractivity contribution is -0.147. The third-order valence-corrected chi connectivity index (χ3v) is 5.46. The van der Waals surface area contributed by atoms with E-state index in [2.05, 4.69) is 10.0 Å². The topological polar surface area (TPSA) is 102 Å². The number of sulfonamides is 1. The Labute approximate surface area is 162 Å². The van der Waals surface area contributed by atoms with Gasteiger partial charge in [-0.1, -0.05) is 36.4 Å². The first-order valence-electron chi connectivity index (χ1n) is 8.07. The van der Waals surface area contributed by atoms with Gasteiger partial charge in [0.2, 0.25) is 10.0 Å². The van der Waals surface area contributed by atoms with Gasteiger partial charge in [0.1, 0.15) is 6.54 Å². The molecule has 0 saturated heterocycles. The van der Waals surface area contributed by atoms with Gasteiger partial charge < -0.3 is 10.1 Å². The molecule has 0 aliphatic heterocycles. The quantitative estimate of drug-likeness (QED) is 0.619. The van der Waals surface area contributed by atoms with Gasteiger partial charge in [-0.2, -0.15) is 0 Å². The summed E-state index contributed by atoms with van der Waals surface area (Å²) in [6.07, 6.45) is 1.41. The molecule has 0 radical (unpaired) electrons. The highest BCUT2D eigenvalue weighted by molar-refractivity contribution is 7.92. The van der Waals surface area contributed by atoms with E-state index in [1.54, 1.807) is 24.3 Å². The highest BCUT2D eigenvalue weighted by Crippen LogP contribution is 2.17. The van der Waals surface area contributed by atoms with E-state index in [0.717, 1.165) is 10.3 Å². The van der Waals surface area contributed by atoms with Crippen molar-refractivity contribution in [2.45, 2.75) is 13.0 Å². The van der Waals surface area contributed by atoms with Crippen LogP contribution in [0.5, 0.6) is 0 Å². The molecule has 2 rings (SSSR count). The van der Waals surface area contributed by atoms with E-state index in [4.69, 9.17) is 4.74 Å². The van der Waals surface area contributed by atoms with E-state index < -0.39 is 35.1 Å². The normalized spacial score (nSPS) is 12.6. The number of benzene rings is 1. The smallest absolute Gasteiger partial charge is 0.321 e. The summed E-state index contributed by atoms with van der Waals surface area (Å²) in [5.41, 5.74) is 0.710. The van der Waals surface area contributed by atoms with Crippen molar-refractivity contribution in [2.24, 2.45) is 0 Å². The third kappa shape index (κ3) is 7.73. The maximum atomic E-state index is 11.8. The van der Waals surface area contributed by atoms with E-state index in [-0.39, 0.29) is 6.04 Å². The molecule has 144 valence electrons. The number of nitrogens with one attached hydrogen (secondary N) is 2. The summed E-state index contributed by atoms with van der Waals surface area (Å²) in [5, 5.41) is 5.56. The molecule has 0 saturated carbocycles. The Morgan fingerprint density at radius 1 is 1.19 bits per heavy atom. The molecular weight excluding hydrogens is 388 g/mol. The van der Waals surface area contributed by atoms with Crippen molar-refractivity contribution in [3.8, 4) is 0 Å². The van der Waals surface area contributed by atoms with Gasteiger partial charge in [0.25, 0.3) is 5.91 Å². The van der Waals surface area contributed by atoms with Gasteiger partial charge in [-0.3, -0.25) is 9.59 Å². The predicted molar refractivity (Wildman–Crippen MR) is 104 cm³/mol. The number of esters is 1. The molecule has 1 aromatic carbocycles. The van der Waals surface area contributed by atoms with Crippen LogP contribution in [0.4, 0.5) is 0 Å². The SMILES string of the molecule is C[C@@H](NC(=O)COC(=O)CNS(=O)(=O)/C=C/c1ccccc1)c1cccs1. The zero-order valence-electron chi connectivity index (χ0n) is 14.6. The molecular formula is C18H20N2O5S2. The van der Waals surface area contributed by atoms with Crippen molar-refractivity contribution in [1.29, 1.82) is 0 Å². The lowest BCUT2D eigenvalue weighted by Gasteiger charge is -2.12. The molecule has 0 aliphatic rings. The van der Waals surface area contributed by atoms with Crippen LogP contribution in [0.15, 0.2) is 53.3 Å². The molecule has 0 spiro atoms. The standard InChI is InChI=1S/C18H20N2O5S2/c1-14(16-8-5-10-26-16)20-17(21)13-25-18(22)12-19-27(23,24)11-9-15-6-3-2-4-7-15/h2-11,14,19H,12-13H2,1H3,(H,20,21)/b11-9+/t14-/m1/s1. The van der Waals surface area contributed by atoms with E-state index in [0.29, 0.717) is 5.56 Å². The van der Waals surface area contributed by atoms with Crippen LogP contribution in [0.3, 0.4) is 0 Å². The minimum absolute atomic E-state index is 0.196. The summed E-state index contributed by atoms with van der Waals surface area (Å²) in [6, 6.07) is 12.4. The number of ether oxygens (including phenoxy) is 1. The first-order chi connectivity index (χ1) is 12.9. The summed E-state index contributed by atoms with van der Waals surface area (Å²) in [6.45, 7) is 0.782. The Bertz CT molecular complexity index is 878. The molecule has 0 aliphatic carbocycles. The summed E-state index contributed by atoms with van der Waals surface area (Å²) in [7, 11) is -3.79. The maximum absolute atomic E-state index is 11.8. The number of hydrogen-bond donors (Lipinski definition) is 2. The maximum Gasteiger partial charge on any atom is 0.321 e. The van der Waals surface area contributed by atoms with Gasteiger partial charge in [-0.15, -0.1) is 11.3 Å². The monoisotopic (exact) mass is 408 g/mol. The molecule has 1 heterocycles. The second-order valence-electron chi connectivity index (χ2n) is 5.54. The molecule has 1 aromatic heterocycles. The number of hydrogen-bond acceptors (Lipinski definition) is 6. The van der Waals surface area contributed by atoms with E-state index in [1.165, 1.54) is 17.4 Å². The Morgan fingerprint density at radius 2 is 1.93 bits per heavy atom. The lowest BCUT2D eigenvalue weighted by Crippen LogP contribution is -2.34. The van der Waals surface area contributed by atoms with Gasteiger partial charge >= 0.3 is 5.97 Å². The molecule has 1 atom stereocenters. The predicted octanol–water partition coefficient (Wildman–Crippen LogP) is 2.06. The number of thiophene rings is 1. The minimum atomic E-state index is -3.79. The lowest BCUT2D eigenvalue weighted by atomic mass is 10.2. The second kappa shape index (κ2) is 10.0. The van der Waals surface area contributed by atoms with Crippen LogP contribution >= 0.6 is 11.3 Å². The third-order valence-electron chi connectivity index (χ3n) is 3.37. The van der Waals surface area contributed by atoms with Crippen molar-refractivity contribution in [2.75, 3.05) is 13.2 Å². The second-order valence-corrected chi connectivity index (χ2v) is 8.17.